The third-order valence-corrected chi connectivity index (χ3v) is 6.36. The maximum Gasteiger partial charge on any atom is 0.232 e. The SMILES string of the molecule is CCCCC(C)(C(=O)N1CCCC(C(=O)Nc2ccccc2)C1)c1ccc(Cl)cc1. The van der Waals surface area contributed by atoms with Crippen LogP contribution in [0, 0.1) is 5.92 Å². The van der Waals surface area contributed by atoms with Crippen molar-refractivity contribution in [3.8, 4) is 0 Å². The van der Waals surface area contributed by atoms with Crippen LogP contribution in [0.25, 0.3) is 0 Å². The summed E-state index contributed by atoms with van der Waals surface area (Å²) in [5.74, 6) is -0.0977. The second-order valence-corrected chi connectivity index (χ2v) is 8.82. The average Bonchev–Trinajstić information content (AvgIpc) is 2.78. The third kappa shape index (κ3) is 5.23. The van der Waals surface area contributed by atoms with Crippen LogP contribution >= 0.6 is 11.6 Å². The minimum absolute atomic E-state index is 0.0135. The average molecular weight is 427 g/mol. The first-order chi connectivity index (χ1) is 14.4. The number of halogens is 1. The van der Waals surface area contributed by atoms with Crippen LogP contribution in [0.4, 0.5) is 5.69 Å². The third-order valence-electron chi connectivity index (χ3n) is 6.10. The molecule has 1 saturated heterocycles. The Labute approximate surface area is 184 Å². The first kappa shape index (κ1) is 22.4. The highest BCUT2D eigenvalue weighted by molar-refractivity contribution is 6.30. The Kier molecular flexibility index (Phi) is 7.54. The van der Waals surface area contributed by atoms with Crippen LogP contribution in [-0.2, 0) is 15.0 Å². The van der Waals surface area contributed by atoms with Crippen molar-refractivity contribution in [1.29, 1.82) is 0 Å². The molecule has 1 fully saturated rings. The zero-order chi connectivity index (χ0) is 21.6. The van der Waals surface area contributed by atoms with Gasteiger partial charge in [-0.15, -0.1) is 0 Å². The number of rotatable bonds is 7. The van der Waals surface area contributed by atoms with E-state index in [1.165, 1.54) is 0 Å². The highest BCUT2D eigenvalue weighted by Gasteiger charge is 2.40. The second-order valence-electron chi connectivity index (χ2n) is 8.39. The molecule has 0 bridgehead atoms. The van der Waals surface area contributed by atoms with Crippen LogP contribution in [0.15, 0.2) is 54.6 Å². The van der Waals surface area contributed by atoms with Crippen molar-refractivity contribution in [3.05, 3.63) is 65.2 Å². The summed E-state index contributed by atoms with van der Waals surface area (Å²) in [6, 6.07) is 17.1. The number of nitrogens with zero attached hydrogens (tertiary/aromatic N) is 1. The minimum atomic E-state index is -0.613. The van der Waals surface area contributed by atoms with Gasteiger partial charge >= 0.3 is 0 Å². The van der Waals surface area contributed by atoms with Gasteiger partial charge in [0, 0.05) is 23.8 Å². The van der Waals surface area contributed by atoms with E-state index < -0.39 is 5.41 Å². The molecule has 4 nitrogen and oxygen atoms in total. The summed E-state index contributed by atoms with van der Waals surface area (Å²) in [6.07, 6.45) is 4.41. The largest absolute Gasteiger partial charge is 0.341 e. The lowest BCUT2D eigenvalue weighted by Crippen LogP contribution is -2.50. The maximum absolute atomic E-state index is 13.7. The standard InChI is InChI=1S/C25H31ClN2O2/c1-3-4-16-25(2,20-12-14-21(26)15-13-20)24(30)28-17-8-9-19(18-28)23(29)27-22-10-6-5-7-11-22/h5-7,10-15,19H,3-4,8-9,16-18H2,1-2H3,(H,27,29). The van der Waals surface area contributed by atoms with Gasteiger partial charge in [-0.2, -0.15) is 0 Å². The van der Waals surface area contributed by atoms with E-state index in [-0.39, 0.29) is 17.7 Å². The molecule has 2 amide bonds. The molecule has 5 heteroatoms. The van der Waals surface area contributed by atoms with Gasteiger partial charge in [-0.1, -0.05) is 61.7 Å². The zero-order valence-electron chi connectivity index (χ0n) is 17.9. The summed E-state index contributed by atoms with van der Waals surface area (Å²) < 4.78 is 0. The first-order valence-corrected chi connectivity index (χ1v) is 11.2. The number of benzene rings is 2. The molecule has 1 aliphatic rings. The van der Waals surface area contributed by atoms with E-state index in [1.54, 1.807) is 0 Å². The van der Waals surface area contributed by atoms with Crippen LogP contribution < -0.4 is 5.32 Å². The van der Waals surface area contributed by atoms with Gasteiger partial charge in [-0.3, -0.25) is 9.59 Å². The normalized spacial score (nSPS) is 18.5. The maximum atomic E-state index is 13.7. The molecule has 0 aromatic heterocycles. The lowest BCUT2D eigenvalue weighted by atomic mass is 9.76. The molecule has 160 valence electrons. The number of piperidine rings is 1. The van der Waals surface area contributed by atoms with Crippen molar-refractivity contribution < 1.29 is 9.59 Å². The number of likely N-dealkylation sites (tertiary alicyclic amines) is 1. The molecular weight excluding hydrogens is 396 g/mol. The summed E-state index contributed by atoms with van der Waals surface area (Å²) in [6.45, 7) is 5.33. The molecular formula is C25H31ClN2O2. The zero-order valence-corrected chi connectivity index (χ0v) is 18.6. The van der Waals surface area contributed by atoms with E-state index in [0.717, 1.165) is 43.4 Å². The molecule has 2 unspecified atom stereocenters. The lowest BCUT2D eigenvalue weighted by molar-refractivity contribution is -0.140. The van der Waals surface area contributed by atoms with E-state index in [4.69, 9.17) is 11.6 Å². The molecule has 1 N–H and O–H groups in total. The second kappa shape index (κ2) is 10.1. The van der Waals surface area contributed by atoms with E-state index in [1.807, 2.05) is 66.4 Å². The van der Waals surface area contributed by atoms with Gasteiger partial charge in [0.05, 0.1) is 11.3 Å². The predicted octanol–water partition coefficient (Wildman–Crippen LogP) is 5.67. The highest BCUT2D eigenvalue weighted by atomic mass is 35.5. The van der Waals surface area contributed by atoms with Gasteiger partial charge < -0.3 is 10.2 Å². The molecule has 30 heavy (non-hydrogen) atoms. The van der Waals surface area contributed by atoms with Crippen LogP contribution in [0.5, 0.6) is 0 Å². The summed E-state index contributed by atoms with van der Waals surface area (Å²) in [4.78, 5) is 28.4. The Morgan fingerprint density at radius 2 is 1.83 bits per heavy atom. The summed E-state index contributed by atoms with van der Waals surface area (Å²) in [5.41, 5.74) is 1.17. The van der Waals surface area contributed by atoms with E-state index >= 15 is 0 Å². The van der Waals surface area contributed by atoms with Crippen molar-refractivity contribution in [2.45, 2.75) is 51.4 Å². The van der Waals surface area contributed by atoms with Crippen molar-refractivity contribution >= 4 is 29.1 Å². The highest BCUT2D eigenvalue weighted by Crippen LogP contribution is 2.34. The Morgan fingerprint density at radius 3 is 2.50 bits per heavy atom. The summed E-state index contributed by atoms with van der Waals surface area (Å²) >= 11 is 6.08. The molecule has 3 rings (SSSR count). The Hall–Kier alpha value is -2.33. The Bertz CT molecular complexity index is 853. The number of hydrogen-bond donors (Lipinski definition) is 1. The van der Waals surface area contributed by atoms with Gasteiger partial charge in [0.25, 0.3) is 0 Å². The molecule has 2 aromatic carbocycles. The Morgan fingerprint density at radius 1 is 1.13 bits per heavy atom. The number of nitrogens with one attached hydrogen (secondary N) is 1. The number of para-hydroxylation sites is 1. The predicted molar refractivity (Wildman–Crippen MR) is 123 cm³/mol. The molecule has 0 spiro atoms. The van der Waals surface area contributed by atoms with Crippen LogP contribution in [0.1, 0.15) is 51.5 Å². The van der Waals surface area contributed by atoms with Gasteiger partial charge in [0.1, 0.15) is 0 Å². The smallest absolute Gasteiger partial charge is 0.232 e. The number of unbranched alkanes of at least 4 members (excludes halogenated alkanes) is 1. The molecule has 0 saturated carbocycles. The molecule has 2 atom stereocenters. The van der Waals surface area contributed by atoms with Crippen molar-refractivity contribution in [1.82, 2.24) is 4.90 Å². The van der Waals surface area contributed by atoms with Gasteiger partial charge in [-0.05, 0) is 56.0 Å². The van der Waals surface area contributed by atoms with E-state index in [0.29, 0.717) is 18.1 Å². The van der Waals surface area contributed by atoms with Gasteiger partial charge in [0.15, 0.2) is 0 Å². The van der Waals surface area contributed by atoms with Gasteiger partial charge in [-0.25, -0.2) is 0 Å². The fourth-order valence-electron chi connectivity index (χ4n) is 4.21. The molecule has 0 aliphatic carbocycles. The van der Waals surface area contributed by atoms with E-state index in [9.17, 15) is 9.59 Å². The van der Waals surface area contributed by atoms with Crippen molar-refractivity contribution in [3.63, 3.8) is 0 Å². The summed E-state index contributed by atoms with van der Waals surface area (Å²) in [7, 11) is 0. The quantitative estimate of drug-likeness (QED) is 0.620. The fourth-order valence-corrected chi connectivity index (χ4v) is 4.34. The number of carbonyl (C=O) groups is 2. The van der Waals surface area contributed by atoms with Crippen molar-refractivity contribution in [2.24, 2.45) is 5.92 Å². The topological polar surface area (TPSA) is 49.4 Å². The minimum Gasteiger partial charge on any atom is -0.341 e. The number of carbonyl (C=O) groups excluding carboxylic acids is 2. The Balaban J connectivity index is 1.75. The lowest BCUT2D eigenvalue weighted by Gasteiger charge is -2.39. The molecule has 2 aromatic rings. The van der Waals surface area contributed by atoms with Crippen molar-refractivity contribution in [2.75, 3.05) is 18.4 Å². The fraction of sp³-hybridized carbons (Fsp3) is 0.440. The first-order valence-electron chi connectivity index (χ1n) is 10.9. The monoisotopic (exact) mass is 426 g/mol. The van der Waals surface area contributed by atoms with Crippen LogP contribution in [0.2, 0.25) is 5.02 Å². The van der Waals surface area contributed by atoms with Crippen LogP contribution in [-0.4, -0.2) is 29.8 Å². The number of amides is 2. The molecule has 0 radical (unpaired) electrons. The summed E-state index contributed by atoms with van der Waals surface area (Å²) in [5, 5.41) is 3.66. The number of hydrogen-bond acceptors (Lipinski definition) is 2. The van der Waals surface area contributed by atoms with E-state index in [2.05, 4.69) is 12.2 Å². The molecule has 1 heterocycles. The van der Waals surface area contributed by atoms with Gasteiger partial charge in [0.2, 0.25) is 11.8 Å². The number of anilines is 1. The molecule has 1 aliphatic heterocycles. The van der Waals surface area contributed by atoms with Crippen LogP contribution in [0.3, 0.4) is 0 Å².